The Morgan fingerprint density at radius 3 is 1.74 bits per heavy atom. The van der Waals surface area contributed by atoms with Crippen LogP contribution in [0.15, 0.2) is 48.8 Å². The predicted octanol–water partition coefficient (Wildman–Crippen LogP) is 12.2. The minimum Gasteiger partial charge on any atom is -0.387 e. The summed E-state index contributed by atoms with van der Waals surface area (Å²) < 4.78 is 14.5. The van der Waals surface area contributed by atoms with E-state index in [0.29, 0.717) is 83.3 Å². The van der Waals surface area contributed by atoms with Crippen molar-refractivity contribution in [2.45, 2.75) is 174 Å². The first kappa shape index (κ1) is 51.0. The molecule has 2 heterocycles. The maximum absolute atomic E-state index is 13.8. The monoisotopic (exact) mass is 1000 g/mol. The fraction of sp³-hybridized carbons (Fsp3) is 0.738. The standard InChI is InChI=1S/C31H44N2O3.C30H41ClN2O3/c1-20-5-10-27-21(15-20)17-32-33(27)18-28(34)26-9-8-24-23-7-6-22-16-31(35,19-36-4)14-13-29(22,2)25(23)11-12-30(24,26)3;1-28-12-13-30(35,18-36-3)15-20(28)4-6-22-23-7-8-25(29(23,2)11-10-24(22)28)27(34)17-33-16-19-14-21(31)5-9-26(19)32-33/h5,10,15,17,22-26,35H,6-9,11-14,16,18-19H2,1-4H3;5,9,14,16,20,22-25,35H,4,6-8,10-13,15,17-18H2,1-3H3/t22-,23-,24-,25-,26+,29-,30-,31+;20-,22-,23-,24-,25+,28-,29-,30+/m00/s1. The van der Waals surface area contributed by atoms with Crippen molar-refractivity contribution in [2.24, 2.45) is 80.8 Å². The predicted molar refractivity (Wildman–Crippen MR) is 283 cm³/mol. The number of hydrogen-bond donors (Lipinski definition) is 2. The Kier molecular flexibility index (Phi) is 13.3. The van der Waals surface area contributed by atoms with E-state index in [4.69, 9.17) is 21.1 Å². The van der Waals surface area contributed by atoms with Gasteiger partial charge < -0.3 is 19.7 Å². The normalized spacial score (nSPS) is 42.1. The van der Waals surface area contributed by atoms with Gasteiger partial charge in [-0.05, 0) is 222 Å². The zero-order valence-electron chi connectivity index (χ0n) is 44.6. The number of fused-ring (bicyclic) bond motifs is 12. The molecule has 11 heteroatoms. The summed E-state index contributed by atoms with van der Waals surface area (Å²) in [5, 5.41) is 34.3. The molecule has 16 atom stereocenters. The largest absolute Gasteiger partial charge is 0.387 e. The van der Waals surface area contributed by atoms with Gasteiger partial charge in [0.1, 0.15) is 6.54 Å². The quantitative estimate of drug-likeness (QED) is 0.161. The Hall–Kier alpha value is -3.15. The Balaban J connectivity index is 0.000000156. The van der Waals surface area contributed by atoms with Gasteiger partial charge in [-0.2, -0.15) is 10.2 Å². The average molecular weight is 1010 g/mol. The van der Waals surface area contributed by atoms with Crippen LogP contribution in [0.3, 0.4) is 0 Å². The third-order valence-corrected chi connectivity index (χ3v) is 23.4. The Bertz CT molecular complexity index is 2670. The molecule has 12 rings (SSSR count). The van der Waals surface area contributed by atoms with E-state index in [1.807, 2.05) is 40.0 Å². The van der Waals surface area contributed by atoms with Gasteiger partial charge in [-0.3, -0.25) is 19.0 Å². The van der Waals surface area contributed by atoms with Crippen molar-refractivity contribution < 1.29 is 29.3 Å². The first-order chi connectivity index (χ1) is 34.3. The second-order valence-electron chi connectivity index (χ2n) is 26.7. The molecule has 0 spiro atoms. The number of Topliss-reactive ketones (excluding diaryl/α,β-unsaturated/α-hetero) is 2. The number of aryl methyl sites for hydroxylation is 1. The second kappa shape index (κ2) is 18.8. The van der Waals surface area contributed by atoms with E-state index in [9.17, 15) is 19.8 Å². The molecule has 0 unspecified atom stereocenters. The highest BCUT2D eigenvalue weighted by atomic mass is 35.5. The van der Waals surface area contributed by atoms with Crippen LogP contribution in [0, 0.1) is 87.8 Å². The van der Waals surface area contributed by atoms with Crippen LogP contribution < -0.4 is 0 Å². The molecule has 72 heavy (non-hydrogen) atoms. The van der Waals surface area contributed by atoms with E-state index < -0.39 is 11.2 Å². The third-order valence-electron chi connectivity index (χ3n) is 23.2. The number of rotatable bonds is 10. The molecule has 392 valence electrons. The Labute approximate surface area is 434 Å². The lowest BCUT2D eigenvalue weighted by Crippen LogP contribution is -2.57. The Morgan fingerprint density at radius 2 is 1.18 bits per heavy atom. The molecule has 0 amide bonds. The van der Waals surface area contributed by atoms with Crippen LogP contribution in [-0.4, -0.2) is 80.0 Å². The third kappa shape index (κ3) is 8.58. The molecule has 8 fully saturated rings. The van der Waals surface area contributed by atoms with Crippen LogP contribution in [0.25, 0.3) is 21.8 Å². The van der Waals surface area contributed by atoms with Gasteiger partial charge in [-0.15, -0.1) is 0 Å². The maximum Gasteiger partial charge on any atom is 0.157 e. The number of aliphatic hydroxyl groups is 2. The SMILES string of the molecule is COC[C@@]1(O)CC[C@@]2(C)[C@@H](CC[C@@H]3[C@@H]2CC[C@]2(C)[C@@H](C(=O)Cn4cc5cc(Cl)ccc5n4)CC[C@@H]32)C1.COC[C@@]1(O)CC[C@@]2(C)[C@@H](CC[C@@H]3[C@@H]2CC[C@]2(C)[C@@H](C(=O)Cn4ncc5cc(C)ccc54)CC[C@@H]32)C1. The highest BCUT2D eigenvalue weighted by Crippen LogP contribution is 2.70. The minimum absolute atomic E-state index is 0.1000. The van der Waals surface area contributed by atoms with Crippen LogP contribution >= 0.6 is 11.6 Å². The number of benzene rings is 2. The molecule has 4 aromatic rings. The van der Waals surface area contributed by atoms with E-state index >= 15 is 0 Å². The molecule has 2 aromatic carbocycles. The number of methoxy groups -OCH3 is 2. The van der Waals surface area contributed by atoms with E-state index in [1.165, 1.54) is 63.4 Å². The lowest BCUT2D eigenvalue weighted by Gasteiger charge is -2.62. The summed E-state index contributed by atoms with van der Waals surface area (Å²) in [6.45, 7) is 13.7. The van der Waals surface area contributed by atoms with Crippen molar-refractivity contribution >= 4 is 45.0 Å². The number of halogens is 1. The minimum atomic E-state index is -0.650. The molecular formula is C61H85ClN4O6. The number of ketones is 2. The number of ether oxygens (including phenoxy) is 2. The maximum atomic E-state index is 13.8. The number of carbonyl (C=O) groups excluding carboxylic acids is 2. The summed E-state index contributed by atoms with van der Waals surface area (Å²) in [4.78, 5) is 27.4. The van der Waals surface area contributed by atoms with E-state index in [2.05, 4.69) is 63.0 Å². The van der Waals surface area contributed by atoms with Crippen LogP contribution in [-0.2, 0) is 32.2 Å². The van der Waals surface area contributed by atoms with Crippen molar-refractivity contribution in [3.8, 4) is 0 Å². The fourth-order valence-corrected chi connectivity index (χ4v) is 19.7. The molecular weight excluding hydrogens is 920 g/mol. The van der Waals surface area contributed by atoms with Crippen molar-refractivity contribution in [1.29, 1.82) is 0 Å². The fourth-order valence-electron chi connectivity index (χ4n) is 19.5. The van der Waals surface area contributed by atoms with Crippen LogP contribution in [0.1, 0.15) is 149 Å². The van der Waals surface area contributed by atoms with Crippen molar-refractivity contribution in [3.05, 3.63) is 59.4 Å². The van der Waals surface area contributed by atoms with Gasteiger partial charge in [-0.25, -0.2) is 0 Å². The molecule has 0 aliphatic heterocycles. The highest BCUT2D eigenvalue weighted by molar-refractivity contribution is 6.31. The summed E-state index contributed by atoms with van der Waals surface area (Å²) in [6.07, 6.45) is 23.7. The molecule has 10 nitrogen and oxygen atoms in total. The summed E-state index contributed by atoms with van der Waals surface area (Å²) in [7, 11) is 3.41. The summed E-state index contributed by atoms with van der Waals surface area (Å²) in [6, 6.07) is 12.0. The molecule has 2 aromatic heterocycles. The van der Waals surface area contributed by atoms with Crippen LogP contribution in [0.2, 0.25) is 5.02 Å². The summed E-state index contributed by atoms with van der Waals surface area (Å²) in [5.74, 6) is 6.36. The zero-order valence-corrected chi connectivity index (χ0v) is 45.4. The molecule has 0 saturated heterocycles. The number of hydrogen-bond acceptors (Lipinski definition) is 8. The van der Waals surface area contributed by atoms with Gasteiger partial charge >= 0.3 is 0 Å². The first-order valence-corrected chi connectivity index (χ1v) is 28.7. The summed E-state index contributed by atoms with van der Waals surface area (Å²) >= 11 is 6.15. The van der Waals surface area contributed by atoms with Crippen molar-refractivity contribution in [2.75, 3.05) is 27.4 Å². The topological polar surface area (TPSA) is 129 Å². The molecule has 8 saturated carbocycles. The van der Waals surface area contributed by atoms with Gasteiger partial charge in [0.15, 0.2) is 11.6 Å². The number of aromatic nitrogens is 4. The smallest absolute Gasteiger partial charge is 0.157 e. The molecule has 8 aliphatic rings. The zero-order chi connectivity index (χ0) is 50.6. The van der Waals surface area contributed by atoms with E-state index in [-0.39, 0.29) is 22.7 Å². The number of nitrogens with zero attached hydrogens (tertiary/aromatic N) is 4. The second-order valence-corrected chi connectivity index (χ2v) is 27.1. The van der Waals surface area contributed by atoms with Gasteiger partial charge in [0.05, 0.1) is 48.2 Å². The van der Waals surface area contributed by atoms with E-state index in [0.717, 1.165) is 97.3 Å². The molecule has 8 aliphatic carbocycles. The summed E-state index contributed by atoms with van der Waals surface area (Å²) in [5.41, 5.74) is 2.72. The van der Waals surface area contributed by atoms with Gasteiger partial charge in [0.25, 0.3) is 0 Å². The highest BCUT2D eigenvalue weighted by Gasteiger charge is 2.64. The lowest BCUT2D eigenvalue weighted by atomic mass is 9.44. The van der Waals surface area contributed by atoms with Crippen molar-refractivity contribution in [3.63, 3.8) is 0 Å². The van der Waals surface area contributed by atoms with Crippen molar-refractivity contribution in [1.82, 2.24) is 19.6 Å². The van der Waals surface area contributed by atoms with Crippen LogP contribution in [0.4, 0.5) is 0 Å². The molecule has 0 bridgehead atoms. The van der Waals surface area contributed by atoms with Crippen LogP contribution in [0.5, 0.6) is 0 Å². The first-order valence-electron chi connectivity index (χ1n) is 28.3. The van der Waals surface area contributed by atoms with Gasteiger partial charge in [0.2, 0.25) is 0 Å². The molecule has 0 radical (unpaired) electrons. The van der Waals surface area contributed by atoms with E-state index in [1.54, 1.807) is 14.2 Å². The lowest BCUT2D eigenvalue weighted by molar-refractivity contribution is -0.164. The average Bonchev–Trinajstić information content (AvgIpc) is 4.12. The Morgan fingerprint density at radius 1 is 0.639 bits per heavy atom. The number of carbonyl (C=O) groups is 2. The van der Waals surface area contributed by atoms with Gasteiger partial charge in [-0.1, -0.05) is 50.9 Å². The van der Waals surface area contributed by atoms with Gasteiger partial charge in [0, 0.05) is 48.0 Å². The molecule has 2 N–H and O–H groups in total.